The Hall–Kier alpha value is -12.4. The van der Waals surface area contributed by atoms with Gasteiger partial charge < -0.3 is 18.9 Å². The lowest BCUT2D eigenvalue weighted by Crippen LogP contribution is -2.61. The number of nitrogens with zero attached hydrogens (tertiary/aromatic N) is 4. The van der Waals surface area contributed by atoms with Gasteiger partial charge in [0.25, 0.3) is 6.71 Å². The summed E-state index contributed by atoms with van der Waals surface area (Å²) in [6, 6.07) is 126. The van der Waals surface area contributed by atoms with E-state index in [1.807, 2.05) is 0 Å². The molecule has 0 unspecified atom stereocenters. The van der Waals surface area contributed by atoms with E-state index in [2.05, 4.69) is 423 Å². The van der Waals surface area contributed by atoms with Gasteiger partial charge >= 0.3 is 0 Å². The lowest BCUT2D eigenvalue weighted by molar-refractivity contribution is 0.332. The minimum atomic E-state index is -0.197. The lowest BCUT2D eigenvalue weighted by atomic mass is 9.33. The molecular formula is C110H95BN4. The molecule has 2 aromatic heterocycles. The first-order valence-electron chi connectivity index (χ1n) is 41.6. The van der Waals surface area contributed by atoms with Crippen molar-refractivity contribution < 1.29 is 0 Å². The lowest BCUT2D eigenvalue weighted by Gasteiger charge is -2.44. The second-order valence-corrected chi connectivity index (χ2v) is 37.0. The first-order chi connectivity index (χ1) is 55.6. The SMILES string of the molecule is CC(C)(C)c1cccc(-c2ccc3c(c2)N(c2ccc(-c4ccc5c(c4)C(C)(C)CCC5(C)C)cc2)c2cc(-n4c5ccccc5c5cc(-c6ccccc6)ccc54)cc4c2B3c2ccc(-n3c5ccc(-c6ccccc6)cc5c5cc(-c6ccccc6)ccc53)cc2N4c2ccc(-c3ccc4c(c3)C(C)(C)CCC4(C)C)cc2)c1. The van der Waals surface area contributed by atoms with Crippen molar-refractivity contribution in [1.82, 2.24) is 9.13 Å². The van der Waals surface area contributed by atoms with Crippen LogP contribution in [0.1, 0.15) is 130 Å². The molecule has 4 nitrogen and oxygen atoms in total. The van der Waals surface area contributed by atoms with Crippen LogP contribution < -0.4 is 26.2 Å². The van der Waals surface area contributed by atoms with Crippen molar-refractivity contribution in [2.24, 2.45) is 0 Å². The first-order valence-corrected chi connectivity index (χ1v) is 41.6. The van der Waals surface area contributed by atoms with Crippen molar-refractivity contribution in [3.8, 4) is 78.1 Å². The molecule has 4 heterocycles. The number of fused-ring (bicyclic) bond motifs is 12. The molecule has 15 aromatic carbocycles. The fraction of sp³-hybridized carbons (Fsp3) is 0.182. The molecule has 0 bridgehead atoms. The van der Waals surface area contributed by atoms with Gasteiger partial charge in [-0.1, -0.05) is 307 Å². The number of hydrogen-bond donors (Lipinski definition) is 0. The monoisotopic (exact) mass is 1480 g/mol. The van der Waals surface area contributed by atoms with Crippen LogP contribution in [0.5, 0.6) is 0 Å². The van der Waals surface area contributed by atoms with E-state index in [9.17, 15) is 0 Å². The van der Waals surface area contributed by atoms with Crippen molar-refractivity contribution >= 4 is 101 Å². The van der Waals surface area contributed by atoms with Crippen LogP contribution in [0.2, 0.25) is 0 Å². The summed E-state index contributed by atoms with van der Waals surface area (Å²) in [6.07, 6.45) is 4.67. The molecule has 0 amide bonds. The van der Waals surface area contributed by atoms with Crippen molar-refractivity contribution in [2.75, 3.05) is 9.80 Å². The zero-order chi connectivity index (χ0) is 78.2. The van der Waals surface area contributed by atoms with Crippen LogP contribution >= 0.6 is 0 Å². The molecule has 2 aliphatic heterocycles. The molecule has 4 aliphatic rings. The Balaban J connectivity index is 0.844. The van der Waals surface area contributed by atoms with Crippen LogP contribution in [0.4, 0.5) is 34.1 Å². The second kappa shape index (κ2) is 26.1. The molecule has 115 heavy (non-hydrogen) atoms. The third-order valence-electron chi connectivity index (χ3n) is 27.0. The van der Waals surface area contributed by atoms with Gasteiger partial charge in [0.15, 0.2) is 0 Å². The molecular weight excluding hydrogens is 1390 g/mol. The Morgan fingerprint density at radius 2 is 0.574 bits per heavy atom. The third-order valence-corrected chi connectivity index (χ3v) is 27.0. The molecule has 0 saturated carbocycles. The predicted octanol–water partition coefficient (Wildman–Crippen LogP) is 28.0. The predicted molar refractivity (Wildman–Crippen MR) is 491 cm³/mol. The van der Waals surface area contributed by atoms with Crippen LogP contribution in [0.3, 0.4) is 0 Å². The average molecular weight is 1480 g/mol. The molecule has 0 atom stereocenters. The highest BCUT2D eigenvalue weighted by molar-refractivity contribution is 7.00. The highest BCUT2D eigenvalue weighted by atomic mass is 15.2. The van der Waals surface area contributed by atoms with E-state index in [0.717, 1.165) is 80.4 Å². The molecule has 17 aromatic rings. The standard InChI is InChI=1S/C110H95BN4/c1-106(2,3)82-31-23-30-75(60-82)81-40-51-95-101(66-81)112(83-44-34-73(35-45-83)79-38-49-91-93(64-79)109(8,9)58-56-107(91,4)5)103-68-86(115-97-33-22-21-32-87(97)88-61-76(41-53-98(88)115)70-24-15-12-16-25-70)69-104-105(103)111(95)96-52-48-85(67-102(96)113(104)84-46-36-74(37-47-84)80-39-50-92-94(65-80)110(10,11)59-57-108(92,6)7)114-99-54-42-77(71-26-17-13-18-27-71)62-89(99)90-63-78(43-55-100(90)114)72-28-19-14-20-29-72/h12-55,60-69H,56-59H2,1-11H3. The zero-order valence-corrected chi connectivity index (χ0v) is 67.9. The zero-order valence-electron chi connectivity index (χ0n) is 67.9. The van der Waals surface area contributed by atoms with Crippen LogP contribution in [0.25, 0.3) is 122 Å². The van der Waals surface area contributed by atoms with Crippen LogP contribution in [-0.4, -0.2) is 15.8 Å². The van der Waals surface area contributed by atoms with E-state index in [4.69, 9.17) is 0 Å². The van der Waals surface area contributed by atoms with Crippen LogP contribution in [0, 0.1) is 0 Å². The molecule has 5 heteroatoms. The summed E-state index contributed by atoms with van der Waals surface area (Å²) in [4.78, 5) is 5.29. The number of anilines is 6. The quantitative estimate of drug-likeness (QED) is 0.127. The Bertz CT molecular complexity index is 6710. The second-order valence-electron chi connectivity index (χ2n) is 37.0. The number of rotatable bonds is 10. The van der Waals surface area contributed by atoms with Crippen LogP contribution in [0.15, 0.2) is 328 Å². The summed E-state index contributed by atoms with van der Waals surface area (Å²) in [7, 11) is 0. The highest BCUT2D eigenvalue weighted by Gasteiger charge is 2.46. The number of aromatic nitrogens is 2. The van der Waals surface area contributed by atoms with Gasteiger partial charge in [-0.2, -0.15) is 0 Å². The Morgan fingerprint density at radius 1 is 0.243 bits per heavy atom. The maximum Gasteiger partial charge on any atom is 0.252 e. The van der Waals surface area contributed by atoms with Gasteiger partial charge in [0, 0.05) is 61.4 Å². The molecule has 2 aliphatic carbocycles. The van der Waals surface area contributed by atoms with E-state index in [1.54, 1.807) is 0 Å². The smallest absolute Gasteiger partial charge is 0.252 e. The Kier molecular flexibility index (Phi) is 16.0. The Labute approximate surface area is 677 Å². The van der Waals surface area contributed by atoms with E-state index >= 15 is 0 Å². The molecule has 21 rings (SSSR count). The molecule has 0 saturated heterocycles. The minimum Gasteiger partial charge on any atom is -0.311 e. The summed E-state index contributed by atoms with van der Waals surface area (Å²) in [5, 5.41) is 4.85. The average Bonchev–Trinajstić information content (AvgIpc) is 1.64. The summed E-state index contributed by atoms with van der Waals surface area (Å²) >= 11 is 0. The molecule has 0 spiro atoms. The van der Waals surface area contributed by atoms with Gasteiger partial charge in [-0.05, 0) is 261 Å². The fourth-order valence-electron chi connectivity index (χ4n) is 20.3. The normalized spacial score (nSPS) is 15.5. The summed E-state index contributed by atoms with van der Waals surface area (Å²) in [5.41, 5.74) is 39.3. The summed E-state index contributed by atoms with van der Waals surface area (Å²) in [5.74, 6) is 0. The minimum absolute atomic E-state index is 0.0500. The van der Waals surface area contributed by atoms with Gasteiger partial charge in [-0.25, -0.2) is 0 Å². The summed E-state index contributed by atoms with van der Waals surface area (Å²) < 4.78 is 5.10. The first kappa shape index (κ1) is 70.4. The van der Waals surface area contributed by atoms with E-state index < -0.39 is 0 Å². The van der Waals surface area contributed by atoms with Crippen LogP contribution in [-0.2, 0) is 27.1 Å². The van der Waals surface area contributed by atoms with Gasteiger partial charge in [0.2, 0.25) is 0 Å². The van der Waals surface area contributed by atoms with Gasteiger partial charge in [0.05, 0.1) is 27.8 Å². The summed E-state index contributed by atoms with van der Waals surface area (Å²) in [6.45, 7) is 26.3. The van der Waals surface area contributed by atoms with Gasteiger partial charge in [0.1, 0.15) is 0 Å². The fourth-order valence-corrected chi connectivity index (χ4v) is 20.3. The molecule has 0 fully saturated rings. The third kappa shape index (κ3) is 11.5. The van der Waals surface area contributed by atoms with E-state index in [0.29, 0.717) is 0 Å². The largest absolute Gasteiger partial charge is 0.311 e. The van der Waals surface area contributed by atoms with Gasteiger partial charge in [-0.3, -0.25) is 0 Å². The Morgan fingerprint density at radius 3 is 1.05 bits per heavy atom. The maximum atomic E-state index is 2.65. The topological polar surface area (TPSA) is 16.3 Å². The van der Waals surface area contributed by atoms with Crippen molar-refractivity contribution in [1.29, 1.82) is 0 Å². The number of hydrogen-bond acceptors (Lipinski definition) is 2. The van der Waals surface area contributed by atoms with Crippen molar-refractivity contribution in [2.45, 2.75) is 129 Å². The molecule has 0 radical (unpaired) electrons. The molecule has 0 N–H and O–H groups in total. The maximum absolute atomic E-state index is 2.65. The van der Waals surface area contributed by atoms with Crippen molar-refractivity contribution in [3.05, 3.63) is 355 Å². The highest BCUT2D eigenvalue weighted by Crippen LogP contribution is 2.53. The van der Waals surface area contributed by atoms with Gasteiger partial charge in [-0.15, -0.1) is 0 Å². The van der Waals surface area contributed by atoms with E-state index in [-0.39, 0.29) is 33.8 Å². The van der Waals surface area contributed by atoms with Crippen molar-refractivity contribution in [3.63, 3.8) is 0 Å². The molecule has 558 valence electrons. The van der Waals surface area contributed by atoms with E-state index in [1.165, 1.54) is 145 Å². The number of para-hydroxylation sites is 1. The number of benzene rings is 15.